The van der Waals surface area contributed by atoms with Crippen molar-refractivity contribution in [3.8, 4) is 11.5 Å². The van der Waals surface area contributed by atoms with E-state index >= 15 is 0 Å². The van der Waals surface area contributed by atoms with Crippen LogP contribution >= 0.6 is 0 Å². The third-order valence-electron chi connectivity index (χ3n) is 3.19. The molecule has 8 heteroatoms. The number of fused-ring (bicyclic) bond motifs is 1. The van der Waals surface area contributed by atoms with Gasteiger partial charge in [0.1, 0.15) is 13.2 Å². The largest absolute Gasteiger partial charge is 0.545 e. The molecule has 120 valence electrons. The van der Waals surface area contributed by atoms with Crippen molar-refractivity contribution in [2.45, 2.75) is 4.90 Å². The first kappa shape index (κ1) is 15.2. The van der Waals surface area contributed by atoms with Crippen LogP contribution in [0.15, 0.2) is 47.4 Å². The Kier molecular flexibility index (Phi) is 3.83. The first-order valence-electron chi connectivity index (χ1n) is 6.69. The average Bonchev–Trinajstić information content (AvgIpc) is 2.54. The van der Waals surface area contributed by atoms with Crippen molar-refractivity contribution in [1.29, 1.82) is 0 Å². The summed E-state index contributed by atoms with van der Waals surface area (Å²) in [6, 6.07) is 9.45. The minimum Gasteiger partial charge on any atom is -0.545 e. The quantitative estimate of drug-likeness (QED) is 0.879. The number of carbonyl (C=O) groups excluding carboxylic acids is 1. The molecule has 2 aromatic rings. The summed E-state index contributed by atoms with van der Waals surface area (Å²) in [7, 11) is -3.84. The standard InChI is InChI=1S/C15H13NO6S/c17-15(18)10-1-4-12(5-2-10)23(19,20)16-11-3-6-13-14(9-11)22-8-7-21-13/h1-6,9,16H,7-8H2,(H,17,18)/p-1. The van der Waals surface area contributed by atoms with Gasteiger partial charge in [-0.05, 0) is 29.8 Å². The van der Waals surface area contributed by atoms with Gasteiger partial charge in [0.05, 0.1) is 16.6 Å². The van der Waals surface area contributed by atoms with Gasteiger partial charge < -0.3 is 19.4 Å². The summed E-state index contributed by atoms with van der Waals surface area (Å²) >= 11 is 0. The molecule has 0 fully saturated rings. The van der Waals surface area contributed by atoms with Crippen LogP contribution in [0.25, 0.3) is 0 Å². The summed E-state index contributed by atoms with van der Waals surface area (Å²) in [4.78, 5) is 10.6. The van der Waals surface area contributed by atoms with E-state index in [2.05, 4.69) is 4.72 Å². The molecular weight excluding hydrogens is 322 g/mol. The SMILES string of the molecule is O=C([O-])c1ccc(S(=O)(=O)Nc2ccc3c(c2)OCCO3)cc1. The van der Waals surface area contributed by atoms with Crippen molar-refractivity contribution < 1.29 is 27.8 Å². The molecule has 3 rings (SSSR count). The lowest BCUT2D eigenvalue weighted by Gasteiger charge is -2.19. The Hall–Kier alpha value is -2.74. The lowest BCUT2D eigenvalue weighted by atomic mass is 10.2. The molecule has 0 aliphatic carbocycles. The number of carboxylic acids is 1. The van der Waals surface area contributed by atoms with Crippen molar-refractivity contribution in [1.82, 2.24) is 0 Å². The number of rotatable bonds is 4. The number of anilines is 1. The smallest absolute Gasteiger partial charge is 0.261 e. The van der Waals surface area contributed by atoms with E-state index in [1.165, 1.54) is 30.3 Å². The maximum atomic E-state index is 12.3. The molecule has 23 heavy (non-hydrogen) atoms. The molecule has 1 aliphatic heterocycles. The molecule has 0 spiro atoms. The Morgan fingerprint density at radius 1 is 1.00 bits per heavy atom. The van der Waals surface area contributed by atoms with Gasteiger partial charge in [-0.1, -0.05) is 12.1 Å². The van der Waals surface area contributed by atoms with Crippen LogP contribution in [-0.2, 0) is 10.0 Å². The second-order valence-corrected chi connectivity index (χ2v) is 6.46. The summed E-state index contributed by atoms with van der Waals surface area (Å²) in [6.45, 7) is 0.844. The monoisotopic (exact) mass is 334 g/mol. The lowest BCUT2D eigenvalue weighted by molar-refractivity contribution is -0.255. The van der Waals surface area contributed by atoms with Crippen LogP contribution < -0.4 is 19.3 Å². The highest BCUT2D eigenvalue weighted by Gasteiger charge is 2.17. The Balaban J connectivity index is 1.84. The second kappa shape index (κ2) is 5.81. The van der Waals surface area contributed by atoms with E-state index in [4.69, 9.17) is 9.47 Å². The Morgan fingerprint density at radius 3 is 2.30 bits per heavy atom. The van der Waals surface area contributed by atoms with E-state index in [0.717, 1.165) is 0 Å². The molecule has 7 nitrogen and oxygen atoms in total. The van der Waals surface area contributed by atoms with E-state index in [1.54, 1.807) is 12.1 Å². The fourth-order valence-electron chi connectivity index (χ4n) is 2.09. The number of hydrogen-bond donors (Lipinski definition) is 1. The maximum Gasteiger partial charge on any atom is 0.261 e. The summed E-state index contributed by atoms with van der Waals surface area (Å²) in [5, 5.41) is 10.7. The summed E-state index contributed by atoms with van der Waals surface area (Å²) in [6.07, 6.45) is 0. The summed E-state index contributed by atoms with van der Waals surface area (Å²) in [5.74, 6) is -0.352. The highest BCUT2D eigenvalue weighted by molar-refractivity contribution is 7.92. The van der Waals surface area contributed by atoms with Gasteiger partial charge in [-0.25, -0.2) is 8.42 Å². The molecule has 1 heterocycles. The van der Waals surface area contributed by atoms with E-state index in [9.17, 15) is 18.3 Å². The minimum absolute atomic E-state index is 0.0580. The van der Waals surface area contributed by atoms with Crippen LogP contribution in [0.3, 0.4) is 0 Å². The van der Waals surface area contributed by atoms with E-state index in [0.29, 0.717) is 30.4 Å². The van der Waals surface area contributed by atoms with E-state index < -0.39 is 16.0 Å². The first-order chi connectivity index (χ1) is 11.0. The van der Waals surface area contributed by atoms with Crippen LogP contribution in [0.1, 0.15) is 10.4 Å². The fraction of sp³-hybridized carbons (Fsp3) is 0.133. The molecule has 0 saturated carbocycles. The number of hydrogen-bond acceptors (Lipinski definition) is 6. The summed E-state index contributed by atoms with van der Waals surface area (Å²) in [5.41, 5.74) is 0.224. The number of benzene rings is 2. The fourth-order valence-corrected chi connectivity index (χ4v) is 3.14. The topological polar surface area (TPSA) is 105 Å². The number of aromatic carboxylic acids is 1. The van der Waals surface area contributed by atoms with Gasteiger partial charge in [0.2, 0.25) is 0 Å². The number of carboxylic acid groups (broad SMARTS) is 1. The number of carbonyl (C=O) groups is 1. The third-order valence-corrected chi connectivity index (χ3v) is 4.59. The van der Waals surface area contributed by atoms with Crippen molar-refractivity contribution >= 4 is 21.7 Å². The van der Waals surface area contributed by atoms with Gasteiger partial charge >= 0.3 is 0 Å². The number of sulfonamides is 1. The Bertz CT molecular complexity index is 845. The lowest BCUT2D eigenvalue weighted by Crippen LogP contribution is -2.22. The average molecular weight is 334 g/mol. The molecule has 0 atom stereocenters. The van der Waals surface area contributed by atoms with Gasteiger partial charge in [0.15, 0.2) is 11.5 Å². The summed E-state index contributed by atoms with van der Waals surface area (Å²) < 4.78 is 37.8. The van der Waals surface area contributed by atoms with E-state index in [-0.39, 0.29) is 10.5 Å². The van der Waals surface area contributed by atoms with Gasteiger partial charge in [0.25, 0.3) is 10.0 Å². The highest BCUT2D eigenvalue weighted by Crippen LogP contribution is 2.33. The zero-order chi connectivity index (χ0) is 16.4. The Morgan fingerprint density at radius 2 is 1.65 bits per heavy atom. The van der Waals surface area contributed by atoms with Crippen LogP contribution in [0.2, 0.25) is 0 Å². The molecule has 0 bridgehead atoms. The molecule has 1 aliphatic rings. The second-order valence-electron chi connectivity index (χ2n) is 4.78. The molecule has 1 N–H and O–H groups in total. The molecule has 0 radical (unpaired) electrons. The van der Waals surface area contributed by atoms with Crippen LogP contribution in [0, 0.1) is 0 Å². The maximum absolute atomic E-state index is 12.3. The number of ether oxygens (including phenoxy) is 2. The van der Waals surface area contributed by atoms with Crippen molar-refractivity contribution in [3.63, 3.8) is 0 Å². The van der Waals surface area contributed by atoms with Crippen molar-refractivity contribution in [3.05, 3.63) is 48.0 Å². The molecule has 0 saturated heterocycles. The Labute approximate surface area is 132 Å². The van der Waals surface area contributed by atoms with Gasteiger partial charge in [-0.15, -0.1) is 0 Å². The minimum atomic E-state index is -3.84. The zero-order valence-electron chi connectivity index (χ0n) is 11.8. The molecule has 0 unspecified atom stereocenters. The van der Waals surface area contributed by atoms with E-state index in [1.807, 2.05) is 0 Å². The molecule has 0 aromatic heterocycles. The first-order valence-corrected chi connectivity index (χ1v) is 8.18. The highest BCUT2D eigenvalue weighted by atomic mass is 32.2. The molecular formula is C15H12NO6S-. The van der Waals surface area contributed by atoms with Crippen molar-refractivity contribution in [2.24, 2.45) is 0 Å². The molecule has 2 aromatic carbocycles. The third kappa shape index (κ3) is 3.21. The normalized spacial score (nSPS) is 13.4. The molecule has 0 amide bonds. The van der Waals surface area contributed by atoms with Crippen LogP contribution in [0.4, 0.5) is 5.69 Å². The zero-order valence-corrected chi connectivity index (χ0v) is 12.6. The van der Waals surface area contributed by atoms with Crippen LogP contribution in [-0.4, -0.2) is 27.6 Å². The van der Waals surface area contributed by atoms with Crippen molar-refractivity contribution in [2.75, 3.05) is 17.9 Å². The number of nitrogens with one attached hydrogen (secondary N) is 1. The van der Waals surface area contributed by atoms with Gasteiger partial charge in [-0.2, -0.15) is 0 Å². The predicted octanol–water partition coefficient (Wildman–Crippen LogP) is 0.622. The van der Waals surface area contributed by atoms with Gasteiger partial charge in [0, 0.05) is 6.07 Å². The van der Waals surface area contributed by atoms with Gasteiger partial charge in [-0.3, -0.25) is 4.72 Å². The predicted molar refractivity (Wildman–Crippen MR) is 79.0 cm³/mol. The van der Waals surface area contributed by atoms with Crippen LogP contribution in [0.5, 0.6) is 11.5 Å².